The Kier molecular flexibility index (Phi) is 4.88. The molecule has 2 aliphatic rings. The van der Waals surface area contributed by atoms with E-state index in [0.717, 1.165) is 25.9 Å². The van der Waals surface area contributed by atoms with Crippen LogP contribution in [0.5, 0.6) is 5.75 Å². The van der Waals surface area contributed by atoms with Gasteiger partial charge in [-0.25, -0.2) is 8.78 Å². The molecule has 2 heterocycles. The Hall–Kier alpha value is -2.02. The number of nitrogens with zero attached hydrogens (tertiary/aromatic N) is 1. The van der Waals surface area contributed by atoms with Crippen LogP contribution in [0.4, 0.5) is 8.78 Å². The third kappa shape index (κ3) is 3.83. The number of halogens is 2. The van der Waals surface area contributed by atoms with Gasteiger partial charge < -0.3 is 19.8 Å². The second-order valence-electron chi connectivity index (χ2n) is 7.56. The van der Waals surface area contributed by atoms with Crippen LogP contribution in [0.1, 0.15) is 42.6 Å². The number of β-amino-alcohol motifs (C(OH)–C–C–N with tert-alkyl or cyclic N) is 1. The second-order valence-corrected chi connectivity index (χ2v) is 7.56. The Morgan fingerprint density at radius 3 is 2.44 bits per heavy atom. The molecule has 144 valence electrons. The minimum absolute atomic E-state index is 0.320. The highest BCUT2D eigenvalue weighted by molar-refractivity contribution is 5.38. The van der Waals surface area contributed by atoms with Crippen molar-refractivity contribution < 1.29 is 23.7 Å². The zero-order chi connectivity index (χ0) is 19.0. The summed E-state index contributed by atoms with van der Waals surface area (Å²) in [6, 6.07) is 10.2. The number of aliphatic hydroxyl groups is 2. The maximum atomic E-state index is 13.4. The van der Waals surface area contributed by atoms with E-state index in [-0.39, 0.29) is 11.6 Å². The smallest absolute Gasteiger partial charge is 0.126 e. The lowest BCUT2D eigenvalue weighted by atomic mass is 9.81. The molecule has 1 saturated heterocycles. The zero-order valence-corrected chi connectivity index (χ0v) is 14.9. The molecule has 2 aromatic rings. The van der Waals surface area contributed by atoms with Crippen molar-refractivity contribution in [2.45, 2.75) is 37.1 Å². The molecule has 2 N–H and O–H groups in total. The highest BCUT2D eigenvalue weighted by atomic mass is 19.1. The summed E-state index contributed by atoms with van der Waals surface area (Å²) in [4.78, 5) is 2.15. The number of hydrogen-bond acceptors (Lipinski definition) is 4. The van der Waals surface area contributed by atoms with Gasteiger partial charge in [0.25, 0.3) is 0 Å². The van der Waals surface area contributed by atoms with E-state index >= 15 is 0 Å². The van der Waals surface area contributed by atoms with Crippen LogP contribution in [0.2, 0.25) is 0 Å². The molecule has 0 saturated carbocycles. The number of ether oxygens (including phenoxy) is 1. The Morgan fingerprint density at radius 1 is 1.07 bits per heavy atom. The molecule has 27 heavy (non-hydrogen) atoms. The first-order valence-corrected chi connectivity index (χ1v) is 9.27. The predicted molar refractivity (Wildman–Crippen MR) is 96.4 cm³/mol. The largest absolute Gasteiger partial charge is 0.487 e. The summed E-state index contributed by atoms with van der Waals surface area (Å²) in [5.74, 6) is -0.147. The van der Waals surface area contributed by atoms with Crippen LogP contribution in [0.25, 0.3) is 0 Å². The van der Waals surface area contributed by atoms with Gasteiger partial charge in [0.15, 0.2) is 0 Å². The maximum Gasteiger partial charge on any atom is 0.126 e. The molecule has 0 aromatic heterocycles. The molecule has 0 amide bonds. The number of hydrogen-bond donors (Lipinski definition) is 2. The van der Waals surface area contributed by atoms with Crippen molar-refractivity contribution in [1.29, 1.82) is 0 Å². The molecule has 6 heteroatoms. The molecule has 0 unspecified atom stereocenters. The standard InChI is InChI=1S/C21H23F2NO3/c22-15-3-1-14(2-4-15)19(26)13-24-9-7-21(8-10-24)12-18(25)17-11-16(23)5-6-20(17)27-21/h1-6,11,18-19,25-26H,7-10,12-13H2/t18-,19-/m1/s1. The third-order valence-electron chi connectivity index (χ3n) is 5.68. The first kappa shape index (κ1) is 18.3. The van der Waals surface area contributed by atoms with Crippen molar-refractivity contribution in [2.75, 3.05) is 19.6 Å². The maximum absolute atomic E-state index is 13.4. The van der Waals surface area contributed by atoms with E-state index in [1.807, 2.05) is 0 Å². The number of aliphatic hydroxyl groups excluding tert-OH is 2. The van der Waals surface area contributed by atoms with Crippen molar-refractivity contribution in [3.8, 4) is 5.75 Å². The number of fused-ring (bicyclic) bond motifs is 1. The highest BCUT2D eigenvalue weighted by Crippen LogP contribution is 2.44. The van der Waals surface area contributed by atoms with Crippen molar-refractivity contribution in [2.24, 2.45) is 0 Å². The number of rotatable bonds is 3. The number of likely N-dealkylation sites (tertiary alicyclic amines) is 1. The molecule has 1 spiro atoms. The van der Waals surface area contributed by atoms with E-state index in [9.17, 15) is 19.0 Å². The lowest BCUT2D eigenvalue weighted by molar-refractivity contribution is -0.0589. The first-order chi connectivity index (χ1) is 12.9. The quantitative estimate of drug-likeness (QED) is 0.864. The average Bonchev–Trinajstić information content (AvgIpc) is 2.65. The van der Waals surface area contributed by atoms with E-state index in [1.54, 1.807) is 18.2 Å². The summed E-state index contributed by atoms with van der Waals surface area (Å²) in [6.07, 6.45) is 0.466. The van der Waals surface area contributed by atoms with E-state index in [1.165, 1.54) is 24.3 Å². The lowest BCUT2D eigenvalue weighted by Gasteiger charge is -2.46. The van der Waals surface area contributed by atoms with Crippen LogP contribution in [-0.4, -0.2) is 40.3 Å². The molecule has 0 aliphatic carbocycles. The number of piperidine rings is 1. The Labute approximate surface area is 157 Å². The summed E-state index contributed by atoms with van der Waals surface area (Å²) >= 11 is 0. The Morgan fingerprint density at radius 2 is 1.74 bits per heavy atom. The second kappa shape index (κ2) is 7.19. The SMILES string of the molecule is O[C@H](CN1CCC2(CC1)C[C@@H](O)c1cc(F)ccc1O2)c1ccc(F)cc1. The van der Waals surface area contributed by atoms with Gasteiger partial charge >= 0.3 is 0 Å². The monoisotopic (exact) mass is 375 g/mol. The highest BCUT2D eigenvalue weighted by Gasteiger charge is 2.43. The van der Waals surface area contributed by atoms with Gasteiger partial charge in [0.2, 0.25) is 0 Å². The van der Waals surface area contributed by atoms with Crippen LogP contribution < -0.4 is 4.74 Å². The Bertz CT molecular complexity index is 804. The van der Waals surface area contributed by atoms with Gasteiger partial charge in [-0.2, -0.15) is 0 Å². The van der Waals surface area contributed by atoms with Crippen molar-refractivity contribution >= 4 is 0 Å². The first-order valence-electron chi connectivity index (χ1n) is 9.27. The Balaban J connectivity index is 1.39. The van der Waals surface area contributed by atoms with Crippen molar-refractivity contribution in [1.82, 2.24) is 4.90 Å². The van der Waals surface area contributed by atoms with Gasteiger partial charge in [-0.3, -0.25) is 0 Å². The van der Waals surface area contributed by atoms with Gasteiger partial charge in [0.1, 0.15) is 23.0 Å². The van der Waals surface area contributed by atoms with E-state index in [4.69, 9.17) is 4.74 Å². The van der Waals surface area contributed by atoms with Crippen LogP contribution in [0.15, 0.2) is 42.5 Å². The van der Waals surface area contributed by atoms with Crippen LogP contribution in [-0.2, 0) is 0 Å². The fourth-order valence-electron chi connectivity index (χ4n) is 4.09. The molecule has 1 fully saturated rings. The van der Waals surface area contributed by atoms with E-state index in [0.29, 0.717) is 29.8 Å². The van der Waals surface area contributed by atoms with Crippen LogP contribution in [0.3, 0.4) is 0 Å². The molecule has 4 rings (SSSR count). The van der Waals surface area contributed by atoms with Gasteiger partial charge in [-0.05, 0) is 48.7 Å². The van der Waals surface area contributed by atoms with Gasteiger partial charge in [-0.1, -0.05) is 12.1 Å². The van der Waals surface area contributed by atoms with Crippen molar-refractivity contribution in [3.05, 3.63) is 65.2 Å². The van der Waals surface area contributed by atoms with E-state index in [2.05, 4.69) is 4.90 Å². The minimum Gasteiger partial charge on any atom is -0.487 e. The van der Waals surface area contributed by atoms with Crippen molar-refractivity contribution in [3.63, 3.8) is 0 Å². The molecular weight excluding hydrogens is 352 g/mol. The van der Waals surface area contributed by atoms with E-state index < -0.39 is 17.8 Å². The lowest BCUT2D eigenvalue weighted by Crippen LogP contribution is -2.51. The molecule has 4 nitrogen and oxygen atoms in total. The molecular formula is C21H23F2NO3. The average molecular weight is 375 g/mol. The fraction of sp³-hybridized carbons (Fsp3) is 0.429. The third-order valence-corrected chi connectivity index (χ3v) is 5.68. The molecule has 0 radical (unpaired) electrons. The molecule has 0 bridgehead atoms. The summed E-state index contributed by atoms with van der Waals surface area (Å²) in [5, 5.41) is 20.8. The zero-order valence-electron chi connectivity index (χ0n) is 14.9. The van der Waals surface area contributed by atoms with Gasteiger partial charge in [0.05, 0.1) is 12.2 Å². The van der Waals surface area contributed by atoms with Crippen LogP contribution >= 0.6 is 0 Å². The number of benzene rings is 2. The topological polar surface area (TPSA) is 52.9 Å². The van der Waals surface area contributed by atoms with Crippen LogP contribution in [0, 0.1) is 11.6 Å². The van der Waals surface area contributed by atoms with Gasteiger partial charge in [-0.15, -0.1) is 0 Å². The molecule has 2 aromatic carbocycles. The fourth-order valence-corrected chi connectivity index (χ4v) is 4.09. The summed E-state index contributed by atoms with van der Waals surface area (Å²) < 4.78 is 32.6. The summed E-state index contributed by atoms with van der Waals surface area (Å²) in [6.45, 7) is 1.91. The normalized spacial score (nSPS) is 22.9. The van der Waals surface area contributed by atoms with Gasteiger partial charge in [0, 0.05) is 31.6 Å². The molecule has 2 aliphatic heterocycles. The molecule has 2 atom stereocenters. The summed E-state index contributed by atoms with van der Waals surface area (Å²) in [5.41, 5.74) is 0.744. The minimum atomic E-state index is -0.735. The predicted octanol–water partition coefficient (Wildman–Crippen LogP) is 3.35. The summed E-state index contributed by atoms with van der Waals surface area (Å²) in [7, 11) is 0.